The fourth-order valence-electron chi connectivity index (χ4n) is 2.29. The highest BCUT2D eigenvalue weighted by molar-refractivity contribution is 5.36. The van der Waals surface area contributed by atoms with E-state index < -0.39 is 0 Å². The highest BCUT2D eigenvalue weighted by Gasteiger charge is 2.21. The minimum absolute atomic E-state index is 0.538. The van der Waals surface area contributed by atoms with E-state index in [2.05, 4.69) is 22.0 Å². The van der Waals surface area contributed by atoms with E-state index in [1.165, 1.54) is 12.8 Å². The van der Waals surface area contributed by atoms with Gasteiger partial charge in [0, 0.05) is 12.1 Å². The summed E-state index contributed by atoms with van der Waals surface area (Å²) >= 11 is 0. The standard InChI is InChI=1S/C12H16N4/c1-15-8-5-10(6-9-15)12-13-11-4-2-3-7-16(11)14-12/h2-4,7,10H,5-6,8-9H2,1H3. The van der Waals surface area contributed by atoms with Gasteiger partial charge in [-0.15, -0.1) is 0 Å². The summed E-state index contributed by atoms with van der Waals surface area (Å²) in [6.07, 6.45) is 4.31. The highest BCUT2D eigenvalue weighted by Crippen LogP contribution is 2.25. The predicted molar refractivity (Wildman–Crippen MR) is 62.5 cm³/mol. The van der Waals surface area contributed by atoms with Crippen LogP contribution in [0.1, 0.15) is 24.6 Å². The lowest BCUT2D eigenvalue weighted by Crippen LogP contribution is -2.29. The Morgan fingerprint density at radius 1 is 1.25 bits per heavy atom. The van der Waals surface area contributed by atoms with Crippen molar-refractivity contribution in [2.45, 2.75) is 18.8 Å². The molecule has 1 aliphatic heterocycles. The number of likely N-dealkylation sites (tertiary alicyclic amines) is 1. The Kier molecular flexibility index (Phi) is 2.36. The van der Waals surface area contributed by atoms with Crippen LogP contribution in [0, 0.1) is 0 Å². The number of piperidine rings is 1. The summed E-state index contributed by atoms with van der Waals surface area (Å²) in [6.45, 7) is 2.31. The van der Waals surface area contributed by atoms with Crippen LogP contribution in [-0.2, 0) is 0 Å². The molecule has 1 saturated heterocycles. The zero-order valence-corrected chi connectivity index (χ0v) is 9.50. The number of fused-ring (bicyclic) bond motifs is 1. The van der Waals surface area contributed by atoms with E-state index in [-0.39, 0.29) is 0 Å². The summed E-state index contributed by atoms with van der Waals surface area (Å²) in [5.74, 6) is 1.55. The molecule has 3 heterocycles. The molecule has 0 amide bonds. The van der Waals surface area contributed by atoms with Gasteiger partial charge in [-0.1, -0.05) is 6.07 Å². The molecule has 84 valence electrons. The molecule has 3 rings (SSSR count). The average molecular weight is 216 g/mol. The molecule has 2 aromatic heterocycles. The van der Waals surface area contributed by atoms with Crippen LogP contribution in [0.15, 0.2) is 24.4 Å². The van der Waals surface area contributed by atoms with Crippen molar-refractivity contribution in [3.8, 4) is 0 Å². The van der Waals surface area contributed by atoms with Gasteiger partial charge in [-0.05, 0) is 45.1 Å². The maximum Gasteiger partial charge on any atom is 0.155 e. The van der Waals surface area contributed by atoms with Crippen molar-refractivity contribution >= 4 is 5.65 Å². The van der Waals surface area contributed by atoms with Crippen LogP contribution in [0.2, 0.25) is 0 Å². The Bertz CT molecular complexity index is 449. The summed E-state index contributed by atoms with van der Waals surface area (Å²) in [4.78, 5) is 6.96. The smallest absolute Gasteiger partial charge is 0.155 e. The van der Waals surface area contributed by atoms with Crippen LogP contribution >= 0.6 is 0 Å². The van der Waals surface area contributed by atoms with Crippen molar-refractivity contribution in [3.63, 3.8) is 0 Å². The second-order valence-corrected chi connectivity index (χ2v) is 4.55. The monoisotopic (exact) mass is 216 g/mol. The molecule has 0 radical (unpaired) electrons. The molecule has 0 bridgehead atoms. The van der Waals surface area contributed by atoms with E-state index in [1.54, 1.807) is 0 Å². The van der Waals surface area contributed by atoms with Crippen LogP contribution in [0.25, 0.3) is 5.65 Å². The van der Waals surface area contributed by atoms with Gasteiger partial charge in [-0.3, -0.25) is 0 Å². The molecular weight excluding hydrogens is 200 g/mol. The lowest BCUT2D eigenvalue weighted by molar-refractivity contribution is 0.251. The molecule has 0 saturated carbocycles. The van der Waals surface area contributed by atoms with Crippen molar-refractivity contribution < 1.29 is 0 Å². The molecule has 0 atom stereocenters. The molecule has 0 unspecified atom stereocenters. The summed E-state index contributed by atoms with van der Waals surface area (Å²) in [5, 5.41) is 4.55. The Morgan fingerprint density at radius 3 is 2.81 bits per heavy atom. The average Bonchev–Trinajstić information content (AvgIpc) is 2.73. The summed E-state index contributed by atoms with van der Waals surface area (Å²) in [6, 6.07) is 5.99. The summed E-state index contributed by atoms with van der Waals surface area (Å²) in [7, 11) is 2.17. The van der Waals surface area contributed by atoms with Gasteiger partial charge in [0.25, 0.3) is 0 Å². The van der Waals surface area contributed by atoms with Crippen molar-refractivity contribution in [3.05, 3.63) is 30.2 Å². The molecule has 1 fully saturated rings. The lowest BCUT2D eigenvalue weighted by atomic mass is 9.97. The van der Waals surface area contributed by atoms with Gasteiger partial charge in [0.1, 0.15) is 0 Å². The van der Waals surface area contributed by atoms with E-state index in [0.29, 0.717) is 5.92 Å². The molecule has 2 aromatic rings. The fraction of sp³-hybridized carbons (Fsp3) is 0.500. The lowest BCUT2D eigenvalue weighted by Gasteiger charge is -2.26. The Morgan fingerprint density at radius 2 is 2.06 bits per heavy atom. The van der Waals surface area contributed by atoms with Gasteiger partial charge in [0.2, 0.25) is 0 Å². The van der Waals surface area contributed by atoms with Crippen LogP contribution in [0.4, 0.5) is 0 Å². The number of pyridine rings is 1. The highest BCUT2D eigenvalue weighted by atomic mass is 15.3. The minimum atomic E-state index is 0.538. The third-order valence-corrected chi connectivity index (χ3v) is 3.34. The van der Waals surface area contributed by atoms with Crippen LogP contribution in [0.3, 0.4) is 0 Å². The van der Waals surface area contributed by atoms with E-state index in [0.717, 1.165) is 24.6 Å². The first-order valence-corrected chi connectivity index (χ1v) is 5.83. The van der Waals surface area contributed by atoms with Crippen molar-refractivity contribution in [2.24, 2.45) is 0 Å². The van der Waals surface area contributed by atoms with Crippen LogP contribution < -0.4 is 0 Å². The summed E-state index contributed by atoms with van der Waals surface area (Å²) < 4.78 is 1.87. The molecule has 0 N–H and O–H groups in total. The van der Waals surface area contributed by atoms with Gasteiger partial charge in [-0.25, -0.2) is 9.50 Å². The van der Waals surface area contributed by atoms with Crippen LogP contribution in [-0.4, -0.2) is 39.6 Å². The van der Waals surface area contributed by atoms with Gasteiger partial charge >= 0.3 is 0 Å². The number of hydrogen-bond acceptors (Lipinski definition) is 3. The molecule has 4 nitrogen and oxygen atoms in total. The van der Waals surface area contributed by atoms with E-state index in [9.17, 15) is 0 Å². The van der Waals surface area contributed by atoms with Gasteiger partial charge in [0.15, 0.2) is 11.5 Å². The van der Waals surface area contributed by atoms with Gasteiger partial charge in [-0.2, -0.15) is 5.10 Å². The second-order valence-electron chi connectivity index (χ2n) is 4.55. The molecule has 4 heteroatoms. The number of nitrogens with zero attached hydrogens (tertiary/aromatic N) is 4. The number of hydrogen-bond donors (Lipinski definition) is 0. The minimum Gasteiger partial charge on any atom is -0.306 e. The third-order valence-electron chi connectivity index (χ3n) is 3.34. The zero-order chi connectivity index (χ0) is 11.0. The Balaban J connectivity index is 1.88. The zero-order valence-electron chi connectivity index (χ0n) is 9.50. The fourth-order valence-corrected chi connectivity index (χ4v) is 2.29. The first-order chi connectivity index (χ1) is 7.83. The van der Waals surface area contributed by atoms with Gasteiger partial charge in [0.05, 0.1) is 0 Å². The predicted octanol–water partition coefficient (Wildman–Crippen LogP) is 1.54. The first kappa shape index (κ1) is 9.78. The third kappa shape index (κ3) is 1.69. The Labute approximate surface area is 94.9 Å². The van der Waals surface area contributed by atoms with Crippen LogP contribution in [0.5, 0.6) is 0 Å². The molecule has 0 spiro atoms. The van der Waals surface area contributed by atoms with Gasteiger partial charge < -0.3 is 4.90 Å². The van der Waals surface area contributed by atoms with E-state index in [1.807, 2.05) is 28.9 Å². The maximum absolute atomic E-state index is 4.59. The molecular formula is C12H16N4. The first-order valence-electron chi connectivity index (χ1n) is 5.83. The Hall–Kier alpha value is -1.42. The number of aromatic nitrogens is 3. The topological polar surface area (TPSA) is 33.4 Å². The normalized spacial score (nSPS) is 19.3. The largest absolute Gasteiger partial charge is 0.306 e. The van der Waals surface area contributed by atoms with E-state index in [4.69, 9.17) is 0 Å². The molecule has 16 heavy (non-hydrogen) atoms. The second kappa shape index (κ2) is 3.87. The number of rotatable bonds is 1. The molecule has 0 aliphatic carbocycles. The molecule has 1 aliphatic rings. The van der Waals surface area contributed by atoms with Crippen molar-refractivity contribution in [1.29, 1.82) is 0 Å². The van der Waals surface area contributed by atoms with E-state index >= 15 is 0 Å². The maximum atomic E-state index is 4.59. The van der Waals surface area contributed by atoms with Crippen molar-refractivity contribution in [2.75, 3.05) is 20.1 Å². The molecule has 0 aromatic carbocycles. The quantitative estimate of drug-likeness (QED) is 0.725. The van der Waals surface area contributed by atoms with Crippen molar-refractivity contribution in [1.82, 2.24) is 19.5 Å². The SMILES string of the molecule is CN1CCC(c2nc3ccccn3n2)CC1. The summed E-state index contributed by atoms with van der Waals surface area (Å²) in [5.41, 5.74) is 0.955.